The Morgan fingerprint density at radius 2 is 1.80 bits per heavy atom. The lowest BCUT2D eigenvalue weighted by Crippen LogP contribution is -2.21. The van der Waals surface area contributed by atoms with E-state index in [-0.39, 0.29) is 12.1 Å². The minimum absolute atomic E-state index is 0.153. The maximum atomic E-state index is 12.4. The van der Waals surface area contributed by atoms with E-state index in [4.69, 9.17) is 5.73 Å². The largest absolute Gasteiger partial charge is 0.416 e. The van der Waals surface area contributed by atoms with Crippen LogP contribution in [0.25, 0.3) is 0 Å². The number of nitrogens with zero attached hydrogens (tertiary/aromatic N) is 1. The molecule has 2 N–H and O–H groups in total. The Morgan fingerprint density at radius 1 is 1.20 bits per heavy atom. The predicted molar refractivity (Wildman–Crippen MR) is 73.4 cm³/mol. The molecule has 0 radical (unpaired) electrons. The van der Waals surface area contributed by atoms with Gasteiger partial charge in [0.15, 0.2) is 0 Å². The van der Waals surface area contributed by atoms with Crippen molar-refractivity contribution in [2.45, 2.75) is 12.7 Å². The van der Waals surface area contributed by atoms with E-state index < -0.39 is 11.7 Å². The molecule has 1 heterocycles. The van der Waals surface area contributed by atoms with Gasteiger partial charge in [-0.2, -0.15) is 13.2 Å². The van der Waals surface area contributed by atoms with Gasteiger partial charge in [0.2, 0.25) is 0 Å². The van der Waals surface area contributed by atoms with Crippen LogP contribution in [0.3, 0.4) is 0 Å². The van der Waals surface area contributed by atoms with Gasteiger partial charge < -0.3 is 10.3 Å². The van der Waals surface area contributed by atoms with Gasteiger partial charge in [-0.1, -0.05) is 12.1 Å². The lowest BCUT2D eigenvalue weighted by Gasteiger charge is -2.10. The normalized spacial score (nSPS) is 11.6. The molecule has 0 amide bonds. The molecule has 20 heavy (non-hydrogen) atoms. The lowest BCUT2D eigenvalue weighted by atomic mass is 10.1. The van der Waals surface area contributed by atoms with Crippen molar-refractivity contribution in [1.29, 1.82) is 0 Å². The highest BCUT2D eigenvalue weighted by Crippen LogP contribution is 2.29. The second-order valence-electron chi connectivity index (χ2n) is 4.25. The van der Waals surface area contributed by atoms with Crippen LogP contribution in [-0.4, -0.2) is 4.57 Å². The highest BCUT2D eigenvalue weighted by atomic mass is 79.9. The van der Waals surface area contributed by atoms with Crippen LogP contribution >= 0.6 is 15.9 Å². The number of halogens is 4. The van der Waals surface area contributed by atoms with Gasteiger partial charge in [-0.25, -0.2) is 0 Å². The van der Waals surface area contributed by atoms with Crippen LogP contribution in [-0.2, 0) is 12.7 Å². The summed E-state index contributed by atoms with van der Waals surface area (Å²) in [5.41, 5.74) is 5.59. The molecule has 0 aliphatic carbocycles. The minimum atomic E-state index is -4.37. The maximum absolute atomic E-state index is 12.4. The molecule has 1 aromatic carbocycles. The molecule has 7 heteroatoms. The highest BCUT2D eigenvalue weighted by molar-refractivity contribution is 9.10. The molecule has 0 aliphatic heterocycles. The van der Waals surface area contributed by atoms with Crippen LogP contribution in [0.1, 0.15) is 11.1 Å². The summed E-state index contributed by atoms with van der Waals surface area (Å²) in [7, 11) is 0. The molecular weight excluding hydrogens is 337 g/mol. The quantitative estimate of drug-likeness (QED) is 0.907. The number of nitrogen functional groups attached to an aromatic ring is 1. The van der Waals surface area contributed by atoms with E-state index >= 15 is 0 Å². The molecule has 106 valence electrons. The van der Waals surface area contributed by atoms with Crippen LogP contribution in [0, 0.1) is 0 Å². The zero-order valence-corrected chi connectivity index (χ0v) is 11.7. The molecule has 2 rings (SSSR count). The Labute approximate surface area is 121 Å². The summed E-state index contributed by atoms with van der Waals surface area (Å²) in [6, 6.07) is 6.13. The summed E-state index contributed by atoms with van der Waals surface area (Å²) in [5, 5.41) is 0. The Hall–Kier alpha value is -1.76. The molecule has 0 atom stereocenters. The fourth-order valence-electron chi connectivity index (χ4n) is 1.73. The molecule has 0 spiro atoms. The van der Waals surface area contributed by atoms with Gasteiger partial charge in [0.05, 0.1) is 16.6 Å². The van der Waals surface area contributed by atoms with Crippen molar-refractivity contribution in [3.63, 3.8) is 0 Å². The van der Waals surface area contributed by atoms with Crippen LogP contribution in [0.2, 0.25) is 0 Å². The SMILES string of the molecule is Nc1cc(Br)c(=O)n(Cc2ccc(C(F)(F)F)cc2)c1. The van der Waals surface area contributed by atoms with Crippen molar-refractivity contribution in [2.24, 2.45) is 0 Å². The zero-order chi connectivity index (χ0) is 14.9. The number of aromatic nitrogens is 1. The zero-order valence-electron chi connectivity index (χ0n) is 10.1. The highest BCUT2D eigenvalue weighted by Gasteiger charge is 2.29. The van der Waals surface area contributed by atoms with E-state index in [1.165, 1.54) is 29.0 Å². The van der Waals surface area contributed by atoms with Crippen molar-refractivity contribution in [1.82, 2.24) is 4.57 Å². The number of pyridine rings is 1. The molecule has 0 bridgehead atoms. The van der Waals surface area contributed by atoms with E-state index in [1.54, 1.807) is 0 Å². The van der Waals surface area contributed by atoms with Gasteiger partial charge >= 0.3 is 6.18 Å². The molecular formula is C13H10BrF3N2O. The first-order valence-electron chi connectivity index (χ1n) is 5.59. The Balaban J connectivity index is 2.29. The van der Waals surface area contributed by atoms with Gasteiger partial charge in [-0.15, -0.1) is 0 Å². The number of anilines is 1. The van der Waals surface area contributed by atoms with E-state index in [1.807, 2.05) is 0 Å². The molecule has 0 aliphatic rings. The predicted octanol–water partition coefficient (Wildman–Crippen LogP) is 3.26. The first-order valence-corrected chi connectivity index (χ1v) is 6.38. The van der Waals surface area contributed by atoms with Crippen LogP contribution in [0.15, 0.2) is 45.8 Å². The molecule has 0 saturated heterocycles. The average molecular weight is 347 g/mol. The number of hydrogen-bond acceptors (Lipinski definition) is 2. The minimum Gasteiger partial charge on any atom is -0.398 e. The molecule has 1 aromatic heterocycles. The summed E-state index contributed by atoms with van der Waals surface area (Å²) in [6.07, 6.45) is -2.92. The topological polar surface area (TPSA) is 48.0 Å². The molecule has 0 saturated carbocycles. The van der Waals surface area contributed by atoms with E-state index in [0.717, 1.165) is 12.1 Å². The smallest absolute Gasteiger partial charge is 0.398 e. The van der Waals surface area contributed by atoms with Crippen molar-refractivity contribution >= 4 is 21.6 Å². The van der Waals surface area contributed by atoms with Crippen LogP contribution in [0.4, 0.5) is 18.9 Å². The fourth-order valence-corrected chi connectivity index (χ4v) is 2.23. The molecule has 3 nitrogen and oxygen atoms in total. The summed E-state index contributed by atoms with van der Waals surface area (Å²) in [4.78, 5) is 11.8. The van der Waals surface area contributed by atoms with Crippen molar-refractivity contribution < 1.29 is 13.2 Å². The Morgan fingerprint density at radius 3 is 2.35 bits per heavy atom. The third kappa shape index (κ3) is 3.22. The summed E-state index contributed by atoms with van der Waals surface area (Å²) >= 11 is 3.09. The molecule has 0 unspecified atom stereocenters. The van der Waals surface area contributed by atoms with E-state index in [0.29, 0.717) is 15.7 Å². The number of rotatable bonds is 2. The number of hydrogen-bond donors (Lipinski definition) is 1. The monoisotopic (exact) mass is 346 g/mol. The lowest BCUT2D eigenvalue weighted by molar-refractivity contribution is -0.137. The van der Waals surface area contributed by atoms with Crippen LogP contribution in [0.5, 0.6) is 0 Å². The maximum Gasteiger partial charge on any atom is 0.416 e. The second-order valence-corrected chi connectivity index (χ2v) is 5.10. The van der Waals surface area contributed by atoms with E-state index in [2.05, 4.69) is 15.9 Å². The molecule has 0 fully saturated rings. The van der Waals surface area contributed by atoms with Crippen molar-refractivity contribution in [2.75, 3.05) is 5.73 Å². The summed E-state index contributed by atoms with van der Waals surface area (Å²) in [6.45, 7) is 0.153. The number of alkyl halides is 3. The summed E-state index contributed by atoms with van der Waals surface area (Å²) < 4.78 is 39.0. The Kier molecular flexibility index (Phi) is 3.89. The third-order valence-electron chi connectivity index (χ3n) is 2.70. The van der Waals surface area contributed by atoms with Crippen LogP contribution < -0.4 is 11.3 Å². The summed E-state index contributed by atoms with van der Waals surface area (Å²) in [5.74, 6) is 0. The molecule has 2 aromatic rings. The van der Waals surface area contributed by atoms with Gasteiger partial charge in [0.1, 0.15) is 0 Å². The number of nitrogens with two attached hydrogens (primary N) is 1. The average Bonchev–Trinajstić information content (AvgIpc) is 2.35. The third-order valence-corrected chi connectivity index (χ3v) is 3.27. The van der Waals surface area contributed by atoms with Crippen molar-refractivity contribution in [3.05, 3.63) is 62.5 Å². The number of benzene rings is 1. The first-order chi connectivity index (χ1) is 9.27. The van der Waals surface area contributed by atoms with Gasteiger partial charge in [-0.3, -0.25) is 4.79 Å². The van der Waals surface area contributed by atoms with E-state index in [9.17, 15) is 18.0 Å². The second kappa shape index (κ2) is 5.32. The van der Waals surface area contributed by atoms with Crippen molar-refractivity contribution in [3.8, 4) is 0 Å². The van der Waals surface area contributed by atoms with Gasteiger partial charge in [-0.05, 0) is 39.7 Å². The van der Waals surface area contributed by atoms with Gasteiger partial charge in [0.25, 0.3) is 5.56 Å². The Bertz CT molecular complexity index is 677. The van der Waals surface area contributed by atoms with Gasteiger partial charge in [0, 0.05) is 11.9 Å². The first kappa shape index (κ1) is 14.6. The standard InChI is InChI=1S/C13H10BrF3N2O/c14-11-5-10(18)7-19(12(11)20)6-8-1-3-9(4-2-8)13(15,16)17/h1-5,7H,6,18H2. The fraction of sp³-hybridized carbons (Fsp3) is 0.154.